The Morgan fingerprint density at radius 1 is 1.27 bits per heavy atom. The van der Waals surface area contributed by atoms with Gasteiger partial charge in [-0.2, -0.15) is 13.2 Å². The molecular formula is C10H9BrF3N. The molecule has 0 aromatic heterocycles. The zero-order valence-electron chi connectivity index (χ0n) is 7.68. The van der Waals surface area contributed by atoms with Gasteiger partial charge in [-0.1, -0.05) is 28.1 Å². The first-order chi connectivity index (χ1) is 6.93. The summed E-state index contributed by atoms with van der Waals surface area (Å²) in [4.78, 5) is 0. The number of halogens is 4. The van der Waals surface area contributed by atoms with E-state index in [4.69, 9.17) is 5.73 Å². The van der Waals surface area contributed by atoms with E-state index in [1.54, 1.807) is 18.2 Å². The average molecular weight is 280 g/mol. The summed E-state index contributed by atoms with van der Waals surface area (Å²) in [7, 11) is 0. The quantitative estimate of drug-likeness (QED) is 0.882. The molecule has 0 aliphatic heterocycles. The van der Waals surface area contributed by atoms with Crippen LogP contribution in [0.2, 0.25) is 0 Å². The van der Waals surface area contributed by atoms with Gasteiger partial charge in [-0.3, -0.25) is 0 Å². The van der Waals surface area contributed by atoms with Crippen molar-refractivity contribution in [3.63, 3.8) is 0 Å². The zero-order valence-corrected chi connectivity index (χ0v) is 9.27. The predicted octanol–water partition coefficient (Wildman–Crippen LogP) is 3.44. The van der Waals surface area contributed by atoms with Crippen LogP contribution in [0.1, 0.15) is 11.1 Å². The third kappa shape index (κ3) is 3.68. The molecule has 0 saturated heterocycles. The molecular weight excluding hydrogens is 271 g/mol. The monoisotopic (exact) mass is 279 g/mol. The van der Waals surface area contributed by atoms with Crippen molar-refractivity contribution in [3.8, 4) is 0 Å². The van der Waals surface area contributed by atoms with Crippen LogP contribution in [0, 0.1) is 0 Å². The summed E-state index contributed by atoms with van der Waals surface area (Å²) in [6.07, 6.45) is -1.17. The summed E-state index contributed by atoms with van der Waals surface area (Å²) in [6, 6.07) is 3.72. The van der Waals surface area contributed by atoms with E-state index < -0.39 is 11.7 Å². The number of benzene rings is 1. The highest BCUT2D eigenvalue weighted by molar-refractivity contribution is 9.10. The molecule has 0 amide bonds. The van der Waals surface area contributed by atoms with E-state index in [9.17, 15) is 13.2 Å². The molecule has 0 atom stereocenters. The molecule has 0 heterocycles. The van der Waals surface area contributed by atoms with Crippen molar-refractivity contribution in [2.75, 3.05) is 6.54 Å². The number of hydrogen-bond acceptors (Lipinski definition) is 1. The molecule has 0 unspecified atom stereocenters. The van der Waals surface area contributed by atoms with Crippen LogP contribution < -0.4 is 5.73 Å². The SMILES string of the molecule is NC/C=C/c1cc(Br)cc(C(F)(F)F)c1. The Kier molecular flexibility index (Phi) is 3.93. The molecule has 1 aromatic rings. The van der Waals surface area contributed by atoms with Gasteiger partial charge in [0.05, 0.1) is 5.56 Å². The third-order valence-corrected chi connectivity index (χ3v) is 2.15. The van der Waals surface area contributed by atoms with Gasteiger partial charge in [-0.25, -0.2) is 0 Å². The summed E-state index contributed by atoms with van der Waals surface area (Å²) in [5, 5.41) is 0. The minimum absolute atomic E-state index is 0.299. The van der Waals surface area contributed by atoms with E-state index in [2.05, 4.69) is 15.9 Å². The maximum atomic E-state index is 12.4. The van der Waals surface area contributed by atoms with Crippen molar-refractivity contribution >= 4 is 22.0 Å². The minimum Gasteiger partial charge on any atom is -0.327 e. The number of hydrogen-bond donors (Lipinski definition) is 1. The molecule has 0 spiro atoms. The Bertz CT molecular complexity index is 371. The Morgan fingerprint density at radius 2 is 1.93 bits per heavy atom. The molecule has 15 heavy (non-hydrogen) atoms. The summed E-state index contributed by atoms with van der Waals surface area (Å²) in [6.45, 7) is 0.299. The van der Waals surface area contributed by atoms with Gasteiger partial charge >= 0.3 is 6.18 Å². The predicted molar refractivity (Wildman–Crippen MR) is 57.2 cm³/mol. The zero-order chi connectivity index (χ0) is 11.5. The lowest BCUT2D eigenvalue weighted by atomic mass is 10.1. The van der Waals surface area contributed by atoms with E-state index in [0.29, 0.717) is 16.6 Å². The van der Waals surface area contributed by atoms with Gasteiger partial charge in [0.25, 0.3) is 0 Å². The second-order valence-corrected chi connectivity index (χ2v) is 3.82. The second-order valence-electron chi connectivity index (χ2n) is 2.91. The Balaban J connectivity index is 3.11. The largest absolute Gasteiger partial charge is 0.416 e. The molecule has 0 bridgehead atoms. The van der Waals surface area contributed by atoms with Gasteiger partial charge in [0, 0.05) is 11.0 Å². The molecule has 1 nitrogen and oxygen atoms in total. The van der Waals surface area contributed by atoms with Crippen molar-refractivity contribution < 1.29 is 13.2 Å². The van der Waals surface area contributed by atoms with E-state index in [1.807, 2.05) is 0 Å². The second kappa shape index (κ2) is 4.81. The van der Waals surface area contributed by atoms with Crippen LogP contribution in [0.15, 0.2) is 28.7 Å². The summed E-state index contributed by atoms with van der Waals surface area (Å²) < 4.78 is 37.6. The van der Waals surface area contributed by atoms with Crippen molar-refractivity contribution in [1.29, 1.82) is 0 Å². The Labute approximate surface area is 93.9 Å². The van der Waals surface area contributed by atoms with Crippen molar-refractivity contribution in [2.45, 2.75) is 6.18 Å². The topological polar surface area (TPSA) is 26.0 Å². The number of rotatable bonds is 2. The number of nitrogens with two attached hydrogens (primary N) is 1. The van der Waals surface area contributed by atoms with Crippen LogP contribution in [0.3, 0.4) is 0 Å². The molecule has 2 N–H and O–H groups in total. The highest BCUT2D eigenvalue weighted by atomic mass is 79.9. The fourth-order valence-electron chi connectivity index (χ4n) is 1.08. The molecule has 1 rings (SSSR count). The Hall–Kier alpha value is -0.810. The van der Waals surface area contributed by atoms with E-state index in [1.165, 1.54) is 0 Å². The maximum absolute atomic E-state index is 12.4. The van der Waals surface area contributed by atoms with Crippen molar-refractivity contribution in [2.24, 2.45) is 5.73 Å². The molecule has 5 heteroatoms. The first kappa shape index (κ1) is 12.3. The first-order valence-corrected chi connectivity index (χ1v) is 4.97. The molecule has 0 fully saturated rings. The van der Waals surface area contributed by atoms with E-state index in [-0.39, 0.29) is 0 Å². The summed E-state index contributed by atoms with van der Waals surface area (Å²) in [5.41, 5.74) is 5.02. The standard InChI is InChI=1S/C10H9BrF3N/c11-9-5-7(2-1-3-15)4-8(6-9)10(12,13)14/h1-2,4-6H,3,15H2/b2-1+. The van der Waals surface area contributed by atoms with Crippen molar-refractivity contribution in [3.05, 3.63) is 39.9 Å². The van der Waals surface area contributed by atoms with Gasteiger partial charge in [0.15, 0.2) is 0 Å². The fraction of sp³-hybridized carbons (Fsp3) is 0.200. The molecule has 1 aromatic carbocycles. The van der Waals surface area contributed by atoms with E-state index >= 15 is 0 Å². The van der Waals surface area contributed by atoms with E-state index in [0.717, 1.165) is 12.1 Å². The lowest BCUT2D eigenvalue weighted by Crippen LogP contribution is -2.05. The van der Waals surface area contributed by atoms with Gasteiger partial charge in [0.1, 0.15) is 0 Å². The van der Waals surface area contributed by atoms with Gasteiger partial charge in [-0.05, 0) is 23.8 Å². The van der Waals surface area contributed by atoms with Crippen LogP contribution >= 0.6 is 15.9 Å². The van der Waals surface area contributed by atoms with Gasteiger partial charge in [-0.15, -0.1) is 0 Å². The molecule has 0 aliphatic carbocycles. The highest BCUT2D eigenvalue weighted by Gasteiger charge is 2.30. The maximum Gasteiger partial charge on any atom is 0.416 e. The third-order valence-electron chi connectivity index (χ3n) is 1.69. The van der Waals surface area contributed by atoms with Crippen LogP contribution in [-0.4, -0.2) is 6.54 Å². The highest BCUT2D eigenvalue weighted by Crippen LogP contribution is 2.32. The first-order valence-electron chi connectivity index (χ1n) is 4.18. The molecule has 0 aliphatic rings. The molecule has 82 valence electrons. The number of alkyl halides is 3. The molecule has 0 saturated carbocycles. The molecule has 0 radical (unpaired) electrons. The van der Waals surface area contributed by atoms with Crippen LogP contribution in [-0.2, 0) is 6.18 Å². The van der Waals surface area contributed by atoms with Gasteiger partial charge in [0.2, 0.25) is 0 Å². The van der Waals surface area contributed by atoms with Crippen molar-refractivity contribution in [1.82, 2.24) is 0 Å². The average Bonchev–Trinajstić information content (AvgIpc) is 2.12. The Morgan fingerprint density at radius 3 is 2.47 bits per heavy atom. The van der Waals surface area contributed by atoms with Crippen LogP contribution in [0.4, 0.5) is 13.2 Å². The smallest absolute Gasteiger partial charge is 0.327 e. The lowest BCUT2D eigenvalue weighted by molar-refractivity contribution is -0.137. The normalized spacial score (nSPS) is 12.3. The summed E-state index contributed by atoms with van der Waals surface area (Å²) >= 11 is 3.03. The van der Waals surface area contributed by atoms with Crippen LogP contribution in [0.25, 0.3) is 6.08 Å². The van der Waals surface area contributed by atoms with Gasteiger partial charge < -0.3 is 5.73 Å². The summed E-state index contributed by atoms with van der Waals surface area (Å²) in [5.74, 6) is 0. The van der Waals surface area contributed by atoms with Crippen LogP contribution in [0.5, 0.6) is 0 Å². The lowest BCUT2D eigenvalue weighted by Gasteiger charge is -2.08. The minimum atomic E-state index is -4.32. The fourth-order valence-corrected chi connectivity index (χ4v) is 1.59.